The van der Waals surface area contributed by atoms with Crippen LogP contribution in [0.2, 0.25) is 0 Å². The second-order valence-corrected chi connectivity index (χ2v) is 10.6. The largest absolute Gasteiger partial charge is 0.357 e. The molecule has 0 aliphatic rings. The average Bonchev–Trinajstić information content (AvgIpc) is 2.88. The second-order valence-electron chi connectivity index (χ2n) is 8.71. The first-order valence-corrected chi connectivity index (χ1v) is 13.3. The van der Waals surface area contributed by atoms with Gasteiger partial charge in [-0.25, -0.2) is 8.42 Å². The summed E-state index contributed by atoms with van der Waals surface area (Å²) in [5.74, 6) is -0.765. The molecule has 36 heavy (non-hydrogen) atoms. The molecule has 3 rings (SSSR count). The van der Waals surface area contributed by atoms with Crippen LogP contribution in [0.5, 0.6) is 0 Å². The Bertz CT molecular complexity index is 1290. The topological polar surface area (TPSA) is 86.8 Å². The van der Waals surface area contributed by atoms with Gasteiger partial charge in [0.2, 0.25) is 11.8 Å². The van der Waals surface area contributed by atoms with Gasteiger partial charge < -0.3 is 10.2 Å². The van der Waals surface area contributed by atoms with E-state index in [-0.39, 0.29) is 17.3 Å². The lowest BCUT2D eigenvalue weighted by atomic mass is 10.1. The van der Waals surface area contributed by atoms with Gasteiger partial charge in [-0.1, -0.05) is 72.6 Å². The van der Waals surface area contributed by atoms with Gasteiger partial charge in [-0.05, 0) is 50.1 Å². The maximum Gasteiger partial charge on any atom is 0.264 e. The highest BCUT2D eigenvalue weighted by molar-refractivity contribution is 7.92. The van der Waals surface area contributed by atoms with Gasteiger partial charge in [0.1, 0.15) is 12.6 Å². The Morgan fingerprint density at radius 3 is 2.14 bits per heavy atom. The molecule has 0 saturated carbocycles. The van der Waals surface area contributed by atoms with Crippen LogP contribution < -0.4 is 9.62 Å². The molecule has 0 spiro atoms. The van der Waals surface area contributed by atoms with E-state index < -0.39 is 28.5 Å². The average molecular weight is 508 g/mol. The smallest absolute Gasteiger partial charge is 0.264 e. The minimum absolute atomic E-state index is 0.0851. The van der Waals surface area contributed by atoms with E-state index in [2.05, 4.69) is 5.32 Å². The molecular weight excluding hydrogens is 474 g/mol. The summed E-state index contributed by atoms with van der Waals surface area (Å²) >= 11 is 0. The van der Waals surface area contributed by atoms with Crippen LogP contribution in [0.25, 0.3) is 0 Å². The third-order valence-corrected chi connectivity index (χ3v) is 7.79. The third kappa shape index (κ3) is 6.31. The van der Waals surface area contributed by atoms with E-state index in [1.54, 1.807) is 42.5 Å². The van der Waals surface area contributed by atoms with Gasteiger partial charge in [0.15, 0.2) is 0 Å². The summed E-state index contributed by atoms with van der Waals surface area (Å²) in [5, 5.41) is 2.63. The monoisotopic (exact) mass is 507 g/mol. The first-order valence-electron chi connectivity index (χ1n) is 11.9. The minimum atomic E-state index is -4.05. The molecule has 0 radical (unpaired) electrons. The number of hydrogen-bond donors (Lipinski definition) is 1. The van der Waals surface area contributed by atoms with Gasteiger partial charge in [0, 0.05) is 13.6 Å². The number of nitrogens with one attached hydrogen (secondary N) is 1. The number of sulfonamides is 1. The number of likely N-dealkylation sites (N-methyl/N-ethyl adjacent to an activating group) is 1. The van der Waals surface area contributed by atoms with Crippen molar-refractivity contribution in [2.75, 3.05) is 17.9 Å². The number of amides is 2. The summed E-state index contributed by atoms with van der Waals surface area (Å²) in [7, 11) is -2.52. The molecule has 2 amide bonds. The van der Waals surface area contributed by atoms with E-state index >= 15 is 0 Å². The third-order valence-electron chi connectivity index (χ3n) is 6.00. The van der Waals surface area contributed by atoms with E-state index in [0.29, 0.717) is 12.1 Å². The summed E-state index contributed by atoms with van der Waals surface area (Å²) in [5.41, 5.74) is 3.23. The van der Waals surface area contributed by atoms with Crippen molar-refractivity contribution in [1.82, 2.24) is 10.2 Å². The summed E-state index contributed by atoms with van der Waals surface area (Å²) in [6, 6.07) is 22.0. The lowest BCUT2D eigenvalue weighted by molar-refractivity contribution is -0.140. The van der Waals surface area contributed by atoms with Crippen molar-refractivity contribution in [2.45, 2.75) is 44.7 Å². The minimum Gasteiger partial charge on any atom is -0.357 e. The fourth-order valence-electron chi connectivity index (χ4n) is 4.05. The number of carbonyl (C=O) groups is 2. The Hall–Kier alpha value is -3.65. The van der Waals surface area contributed by atoms with Gasteiger partial charge in [0.25, 0.3) is 10.0 Å². The first-order chi connectivity index (χ1) is 17.2. The van der Waals surface area contributed by atoms with Crippen molar-refractivity contribution in [1.29, 1.82) is 0 Å². The molecule has 190 valence electrons. The molecule has 0 aliphatic heterocycles. The summed E-state index contributed by atoms with van der Waals surface area (Å²) < 4.78 is 28.5. The van der Waals surface area contributed by atoms with Crippen LogP contribution in [0.4, 0.5) is 5.69 Å². The maximum absolute atomic E-state index is 13.8. The Balaban J connectivity index is 2.04. The van der Waals surface area contributed by atoms with Crippen LogP contribution in [-0.2, 0) is 26.2 Å². The molecule has 0 unspecified atom stereocenters. The predicted molar refractivity (Wildman–Crippen MR) is 142 cm³/mol. The van der Waals surface area contributed by atoms with E-state index in [9.17, 15) is 18.0 Å². The molecule has 0 aromatic heterocycles. The highest BCUT2D eigenvalue weighted by Crippen LogP contribution is 2.25. The normalized spacial score (nSPS) is 12.0. The molecule has 0 fully saturated rings. The van der Waals surface area contributed by atoms with E-state index in [0.717, 1.165) is 21.0 Å². The Morgan fingerprint density at radius 2 is 1.56 bits per heavy atom. The van der Waals surface area contributed by atoms with Crippen LogP contribution in [0.1, 0.15) is 30.0 Å². The summed E-state index contributed by atoms with van der Waals surface area (Å²) in [4.78, 5) is 28.1. The van der Waals surface area contributed by atoms with Crippen molar-refractivity contribution in [3.63, 3.8) is 0 Å². The lowest BCUT2D eigenvalue weighted by Gasteiger charge is -2.33. The van der Waals surface area contributed by atoms with Crippen LogP contribution in [0, 0.1) is 13.8 Å². The maximum atomic E-state index is 13.8. The molecule has 3 aromatic rings. The molecule has 7 nitrogen and oxygen atoms in total. The fraction of sp³-hybridized carbons (Fsp3) is 0.286. The van der Waals surface area contributed by atoms with Gasteiger partial charge in [-0.3, -0.25) is 13.9 Å². The van der Waals surface area contributed by atoms with Gasteiger partial charge >= 0.3 is 0 Å². The highest BCUT2D eigenvalue weighted by atomic mass is 32.2. The Kier molecular flexibility index (Phi) is 8.88. The number of carbonyl (C=O) groups excluding carboxylic acids is 2. The zero-order chi connectivity index (χ0) is 26.3. The van der Waals surface area contributed by atoms with Crippen molar-refractivity contribution in [3.8, 4) is 0 Å². The van der Waals surface area contributed by atoms with Crippen molar-refractivity contribution in [2.24, 2.45) is 0 Å². The zero-order valence-electron chi connectivity index (χ0n) is 21.1. The van der Waals surface area contributed by atoms with Crippen molar-refractivity contribution >= 4 is 27.5 Å². The van der Waals surface area contributed by atoms with Crippen molar-refractivity contribution < 1.29 is 18.0 Å². The molecule has 8 heteroatoms. The van der Waals surface area contributed by atoms with E-state index in [1.807, 2.05) is 45.0 Å². The number of rotatable bonds is 10. The zero-order valence-corrected chi connectivity index (χ0v) is 22.0. The molecule has 1 atom stereocenters. The summed E-state index contributed by atoms with van der Waals surface area (Å²) in [6.45, 7) is 5.43. The Labute approximate surface area is 213 Å². The quantitative estimate of drug-likeness (QED) is 0.449. The summed E-state index contributed by atoms with van der Waals surface area (Å²) in [6.07, 6.45) is 0.382. The molecule has 0 bridgehead atoms. The molecular formula is C28H33N3O4S. The van der Waals surface area contributed by atoms with Gasteiger partial charge in [-0.15, -0.1) is 0 Å². The molecule has 1 N–H and O–H groups in total. The number of nitrogens with zero attached hydrogens (tertiary/aromatic N) is 2. The SMILES string of the molecule is CC[C@H](C(=O)NC)N(Cc1cccc(C)c1)C(=O)CN(c1ccc(C)cc1)S(=O)(=O)c1ccccc1. The molecule has 0 saturated heterocycles. The standard InChI is InChI=1S/C28H33N3O4S/c1-5-26(28(33)29-4)30(19-23-11-9-10-22(3)18-23)27(32)20-31(24-16-14-21(2)15-17-24)36(34,35)25-12-7-6-8-13-25/h6-18,26H,5,19-20H2,1-4H3,(H,29,33)/t26-/m1/s1. The van der Waals surface area contributed by atoms with Crippen molar-refractivity contribution in [3.05, 3.63) is 95.6 Å². The number of aryl methyl sites for hydroxylation is 2. The van der Waals surface area contributed by atoms with Crippen LogP contribution >= 0.6 is 0 Å². The lowest BCUT2D eigenvalue weighted by Crippen LogP contribution is -2.51. The highest BCUT2D eigenvalue weighted by Gasteiger charge is 2.33. The molecule has 0 heterocycles. The first kappa shape index (κ1) is 26.9. The van der Waals surface area contributed by atoms with Gasteiger partial charge in [-0.2, -0.15) is 0 Å². The van der Waals surface area contributed by atoms with Crippen LogP contribution in [-0.4, -0.2) is 44.8 Å². The number of hydrogen-bond acceptors (Lipinski definition) is 4. The fourth-order valence-corrected chi connectivity index (χ4v) is 5.49. The van der Waals surface area contributed by atoms with E-state index in [1.165, 1.54) is 24.1 Å². The Morgan fingerprint density at radius 1 is 0.889 bits per heavy atom. The molecule has 3 aromatic carbocycles. The number of anilines is 1. The van der Waals surface area contributed by atoms with Crippen LogP contribution in [0.15, 0.2) is 83.8 Å². The van der Waals surface area contributed by atoms with Crippen LogP contribution in [0.3, 0.4) is 0 Å². The number of benzene rings is 3. The van der Waals surface area contributed by atoms with Gasteiger partial charge in [0.05, 0.1) is 10.6 Å². The predicted octanol–water partition coefficient (Wildman–Crippen LogP) is 4.05. The molecule has 0 aliphatic carbocycles. The second kappa shape index (κ2) is 11.9. The van der Waals surface area contributed by atoms with E-state index in [4.69, 9.17) is 0 Å².